The number of rotatable bonds is 7. The molecule has 2 heterocycles. The van der Waals surface area contributed by atoms with Crippen LogP contribution in [-0.4, -0.2) is 54.7 Å². The third kappa shape index (κ3) is 5.96. The molecule has 0 spiro atoms. The van der Waals surface area contributed by atoms with Crippen molar-refractivity contribution in [3.8, 4) is 5.75 Å². The Hall–Kier alpha value is -2.08. The van der Waals surface area contributed by atoms with Gasteiger partial charge in [0, 0.05) is 25.4 Å². The summed E-state index contributed by atoms with van der Waals surface area (Å²) < 4.78 is 5.29. The van der Waals surface area contributed by atoms with Gasteiger partial charge in [0.15, 0.2) is 6.61 Å². The largest absolute Gasteiger partial charge is 0.482 e. The van der Waals surface area contributed by atoms with E-state index in [1.54, 1.807) is 6.07 Å². The van der Waals surface area contributed by atoms with E-state index in [9.17, 15) is 9.59 Å². The van der Waals surface area contributed by atoms with Gasteiger partial charge in [-0.25, -0.2) is 4.79 Å². The lowest BCUT2D eigenvalue weighted by molar-refractivity contribution is -0.139. The zero-order chi connectivity index (χ0) is 19.1. The summed E-state index contributed by atoms with van der Waals surface area (Å²) >= 11 is 0. The van der Waals surface area contributed by atoms with E-state index in [4.69, 9.17) is 9.84 Å². The van der Waals surface area contributed by atoms with Crippen LogP contribution in [0.2, 0.25) is 0 Å². The molecular weight excluding hydrogens is 344 g/mol. The molecule has 1 aromatic rings. The molecular formula is C21H30N2O4. The standard InChI is InChI=1S/C21H30N2O4/c24-20(7-6-16-8-10-22-11-9-16)23-12-2-4-18(14-23)17-3-1-5-19(13-17)27-15-21(25)26/h1,3,5,13,16,18,22H,2,4,6-12,14-15H2,(H,25,26). The van der Waals surface area contributed by atoms with Gasteiger partial charge in [0.25, 0.3) is 0 Å². The number of benzene rings is 1. The molecule has 6 nitrogen and oxygen atoms in total. The first-order valence-electron chi connectivity index (χ1n) is 10.0. The number of likely N-dealkylation sites (tertiary alicyclic amines) is 1. The second-order valence-electron chi connectivity index (χ2n) is 7.67. The van der Waals surface area contributed by atoms with Crippen molar-refractivity contribution in [3.63, 3.8) is 0 Å². The number of carbonyl (C=O) groups is 2. The van der Waals surface area contributed by atoms with E-state index in [1.807, 2.05) is 23.1 Å². The van der Waals surface area contributed by atoms with Crippen LogP contribution >= 0.6 is 0 Å². The Balaban J connectivity index is 1.53. The fourth-order valence-electron chi connectivity index (χ4n) is 4.14. The number of nitrogens with zero attached hydrogens (tertiary/aromatic N) is 1. The summed E-state index contributed by atoms with van der Waals surface area (Å²) in [6.07, 6.45) is 6.06. The zero-order valence-electron chi connectivity index (χ0n) is 15.9. The monoisotopic (exact) mass is 374 g/mol. The smallest absolute Gasteiger partial charge is 0.341 e. The van der Waals surface area contributed by atoms with Gasteiger partial charge in [-0.15, -0.1) is 0 Å². The minimum atomic E-state index is -0.983. The van der Waals surface area contributed by atoms with Gasteiger partial charge in [0.2, 0.25) is 5.91 Å². The third-order valence-electron chi connectivity index (χ3n) is 5.69. The van der Waals surface area contributed by atoms with Crippen molar-refractivity contribution in [1.82, 2.24) is 10.2 Å². The van der Waals surface area contributed by atoms with Crippen molar-refractivity contribution in [2.45, 2.75) is 44.4 Å². The molecule has 1 unspecified atom stereocenters. The van der Waals surface area contributed by atoms with E-state index in [1.165, 1.54) is 12.8 Å². The third-order valence-corrected chi connectivity index (χ3v) is 5.69. The molecule has 0 aliphatic carbocycles. The molecule has 1 amide bonds. The predicted molar refractivity (Wildman–Crippen MR) is 103 cm³/mol. The van der Waals surface area contributed by atoms with E-state index in [0.717, 1.165) is 51.0 Å². The summed E-state index contributed by atoms with van der Waals surface area (Å²) in [7, 11) is 0. The summed E-state index contributed by atoms with van der Waals surface area (Å²) in [5, 5.41) is 12.1. The molecule has 2 aliphatic heterocycles. The Morgan fingerprint density at radius 2 is 2.04 bits per heavy atom. The molecule has 2 fully saturated rings. The molecule has 0 radical (unpaired) electrons. The molecule has 2 aliphatic rings. The van der Waals surface area contributed by atoms with Gasteiger partial charge in [-0.1, -0.05) is 12.1 Å². The number of hydrogen-bond donors (Lipinski definition) is 2. The van der Waals surface area contributed by atoms with Gasteiger partial charge in [-0.3, -0.25) is 4.79 Å². The molecule has 27 heavy (non-hydrogen) atoms. The number of carbonyl (C=O) groups excluding carboxylic acids is 1. The van der Waals surface area contributed by atoms with Crippen molar-refractivity contribution < 1.29 is 19.4 Å². The first kappa shape index (κ1) is 19.7. The van der Waals surface area contributed by atoms with Gasteiger partial charge in [0.1, 0.15) is 5.75 Å². The number of piperidine rings is 2. The number of carboxylic acids is 1. The van der Waals surface area contributed by atoms with Crippen LogP contribution in [0.15, 0.2) is 24.3 Å². The normalized spacial score (nSPS) is 21.0. The highest BCUT2D eigenvalue weighted by Crippen LogP contribution is 2.30. The Morgan fingerprint density at radius 3 is 2.81 bits per heavy atom. The molecule has 2 N–H and O–H groups in total. The topological polar surface area (TPSA) is 78.9 Å². The molecule has 2 saturated heterocycles. The van der Waals surface area contributed by atoms with E-state index < -0.39 is 5.97 Å². The number of carboxylic acid groups (broad SMARTS) is 1. The fraction of sp³-hybridized carbons (Fsp3) is 0.619. The highest BCUT2D eigenvalue weighted by molar-refractivity contribution is 5.76. The van der Waals surface area contributed by atoms with Crippen LogP contribution in [0.25, 0.3) is 0 Å². The van der Waals surface area contributed by atoms with Crippen molar-refractivity contribution in [2.24, 2.45) is 5.92 Å². The maximum absolute atomic E-state index is 12.7. The molecule has 148 valence electrons. The van der Waals surface area contributed by atoms with Gasteiger partial charge in [-0.2, -0.15) is 0 Å². The van der Waals surface area contributed by atoms with Crippen LogP contribution in [0.3, 0.4) is 0 Å². The second kappa shape index (κ2) is 9.74. The highest BCUT2D eigenvalue weighted by Gasteiger charge is 2.25. The Morgan fingerprint density at radius 1 is 1.22 bits per heavy atom. The van der Waals surface area contributed by atoms with Crippen molar-refractivity contribution in [1.29, 1.82) is 0 Å². The average Bonchev–Trinajstić information content (AvgIpc) is 2.71. The molecule has 3 rings (SSSR count). The van der Waals surface area contributed by atoms with Crippen molar-refractivity contribution in [2.75, 3.05) is 32.8 Å². The van der Waals surface area contributed by atoms with E-state index in [2.05, 4.69) is 5.32 Å². The molecule has 6 heteroatoms. The van der Waals surface area contributed by atoms with E-state index >= 15 is 0 Å². The Bertz CT molecular complexity index is 643. The molecule has 0 aromatic heterocycles. The lowest BCUT2D eigenvalue weighted by Gasteiger charge is -2.34. The number of nitrogens with one attached hydrogen (secondary N) is 1. The van der Waals surface area contributed by atoms with Crippen LogP contribution in [0.1, 0.15) is 50.0 Å². The fourth-order valence-corrected chi connectivity index (χ4v) is 4.14. The van der Waals surface area contributed by atoms with E-state index in [0.29, 0.717) is 18.1 Å². The Kier molecular flexibility index (Phi) is 7.10. The number of hydrogen-bond acceptors (Lipinski definition) is 4. The summed E-state index contributed by atoms with van der Waals surface area (Å²) in [6, 6.07) is 7.62. The van der Waals surface area contributed by atoms with Crippen LogP contribution in [0.4, 0.5) is 0 Å². The summed E-state index contributed by atoms with van der Waals surface area (Å²) in [5.74, 6) is 0.832. The van der Waals surface area contributed by atoms with Gasteiger partial charge in [0.05, 0.1) is 0 Å². The number of ether oxygens (including phenoxy) is 1. The van der Waals surface area contributed by atoms with Gasteiger partial charge < -0.3 is 20.1 Å². The minimum Gasteiger partial charge on any atom is -0.482 e. The first-order chi connectivity index (χ1) is 13.1. The maximum Gasteiger partial charge on any atom is 0.341 e. The Labute approximate surface area is 160 Å². The van der Waals surface area contributed by atoms with Crippen LogP contribution in [0, 0.1) is 5.92 Å². The first-order valence-corrected chi connectivity index (χ1v) is 10.0. The SMILES string of the molecule is O=C(O)COc1cccc(C2CCCN(C(=O)CCC3CCNCC3)C2)c1. The van der Waals surface area contributed by atoms with Crippen molar-refractivity contribution in [3.05, 3.63) is 29.8 Å². The summed E-state index contributed by atoms with van der Waals surface area (Å²) in [5.41, 5.74) is 1.12. The van der Waals surface area contributed by atoms with E-state index in [-0.39, 0.29) is 18.4 Å². The zero-order valence-corrected chi connectivity index (χ0v) is 15.9. The van der Waals surface area contributed by atoms with Crippen LogP contribution in [-0.2, 0) is 9.59 Å². The minimum absolute atomic E-state index is 0.275. The molecule has 0 saturated carbocycles. The number of aliphatic carboxylic acids is 1. The summed E-state index contributed by atoms with van der Waals surface area (Å²) in [6.45, 7) is 3.40. The molecule has 1 atom stereocenters. The molecule has 0 bridgehead atoms. The average molecular weight is 374 g/mol. The second-order valence-corrected chi connectivity index (χ2v) is 7.67. The lowest BCUT2D eigenvalue weighted by Crippen LogP contribution is -2.39. The van der Waals surface area contributed by atoms with Crippen LogP contribution in [0.5, 0.6) is 5.75 Å². The summed E-state index contributed by atoms with van der Waals surface area (Å²) in [4.78, 5) is 25.4. The predicted octanol–water partition coefficient (Wildman–Crippen LogP) is 2.64. The van der Waals surface area contributed by atoms with Gasteiger partial charge >= 0.3 is 5.97 Å². The maximum atomic E-state index is 12.7. The lowest BCUT2D eigenvalue weighted by atomic mass is 9.89. The highest BCUT2D eigenvalue weighted by atomic mass is 16.5. The quantitative estimate of drug-likeness (QED) is 0.767. The van der Waals surface area contributed by atoms with Gasteiger partial charge in [-0.05, 0) is 68.8 Å². The van der Waals surface area contributed by atoms with Crippen molar-refractivity contribution >= 4 is 11.9 Å². The number of amides is 1. The molecule has 1 aromatic carbocycles. The van der Waals surface area contributed by atoms with Crippen LogP contribution < -0.4 is 10.1 Å².